The van der Waals surface area contributed by atoms with Crippen LogP contribution in [0.2, 0.25) is 10.0 Å². The van der Waals surface area contributed by atoms with Gasteiger partial charge >= 0.3 is 0 Å². The zero-order chi connectivity index (χ0) is 14.0. The first kappa shape index (κ1) is 14.6. The zero-order valence-electron chi connectivity index (χ0n) is 10.8. The van der Waals surface area contributed by atoms with Gasteiger partial charge in [0.15, 0.2) is 0 Å². The minimum Gasteiger partial charge on any atom is -0.338 e. The van der Waals surface area contributed by atoms with E-state index in [0.29, 0.717) is 12.5 Å². The summed E-state index contributed by atoms with van der Waals surface area (Å²) in [5.74, 6) is -0.238. The highest BCUT2D eigenvalue weighted by atomic mass is 35.5. The Labute approximate surface area is 122 Å². The average Bonchev–Trinajstić information content (AvgIpc) is 3.16. The molecule has 0 aromatic heterocycles. The molecule has 0 radical (unpaired) electrons. The van der Waals surface area contributed by atoms with Gasteiger partial charge < -0.3 is 4.90 Å². The molecule has 1 aliphatic carbocycles. The third-order valence-corrected chi connectivity index (χ3v) is 3.80. The molecular weight excluding hydrogens is 288 g/mol. The summed E-state index contributed by atoms with van der Waals surface area (Å²) in [5.41, 5.74) is 0.192. The number of amides is 1. The van der Waals surface area contributed by atoms with E-state index in [2.05, 4.69) is 0 Å². The van der Waals surface area contributed by atoms with E-state index in [0.717, 1.165) is 31.9 Å². The van der Waals surface area contributed by atoms with Crippen LogP contribution >= 0.6 is 23.2 Å². The summed E-state index contributed by atoms with van der Waals surface area (Å²) in [6.45, 7) is 3.40. The van der Waals surface area contributed by atoms with Crippen LogP contribution in [0.3, 0.4) is 0 Å². The standard InChI is InChI=1S/C14H16Cl2FNO/c1-2-5-18(8-9-3-4-9)14(19)10-6-13(17)12(16)7-11(10)15/h6-7,9H,2-5,8H2,1H3. The summed E-state index contributed by atoms with van der Waals surface area (Å²) in [4.78, 5) is 14.2. The monoisotopic (exact) mass is 303 g/mol. The molecule has 0 bridgehead atoms. The van der Waals surface area contributed by atoms with Gasteiger partial charge in [-0.25, -0.2) is 4.39 Å². The summed E-state index contributed by atoms with van der Waals surface area (Å²) < 4.78 is 13.5. The van der Waals surface area contributed by atoms with Gasteiger partial charge in [0.2, 0.25) is 0 Å². The van der Waals surface area contributed by atoms with Crippen LogP contribution < -0.4 is 0 Å². The molecule has 0 atom stereocenters. The van der Waals surface area contributed by atoms with Gasteiger partial charge in [0, 0.05) is 13.1 Å². The Kier molecular flexibility index (Phi) is 4.69. The minimum absolute atomic E-state index is 0.0641. The molecule has 1 amide bonds. The molecule has 1 aliphatic rings. The van der Waals surface area contributed by atoms with Gasteiger partial charge in [-0.05, 0) is 37.3 Å². The number of rotatable bonds is 5. The van der Waals surface area contributed by atoms with E-state index in [4.69, 9.17) is 23.2 Å². The molecule has 1 aromatic carbocycles. The minimum atomic E-state index is -0.614. The highest BCUT2D eigenvalue weighted by Gasteiger charge is 2.28. The second kappa shape index (κ2) is 6.10. The average molecular weight is 304 g/mol. The zero-order valence-corrected chi connectivity index (χ0v) is 12.3. The highest BCUT2D eigenvalue weighted by Crippen LogP contribution is 2.31. The number of carbonyl (C=O) groups is 1. The molecule has 0 N–H and O–H groups in total. The maximum Gasteiger partial charge on any atom is 0.255 e. The first-order valence-electron chi connectivity index (χ1n) is 6.46. The smallest absolute Gasteiger partial charge is 0.255 e. The van der Waals surface area contributed by atoms with Gasteiger partial charge in [-0.1, -0.05) is 30.1 Å². The van der Waals surface area contributed by atoms with Gasteiger partial charge in [-0.2, -0.15) is 0 Å². The van der Waals surface area contributed by atoms with Crippen molar-refractivity contribution in [1.29, 1.82) is 0 Å². The van der Waals surface area contributed by atoms with Gasteiger partial charge in [-0.3, -0.25) is 4.79 Å². The van der Waals surface area contributed by atoms with Crippen molar-refractivity contribution in [2.75, 3.05) is 13.1 Å². The Morgan fingerprint density at radius 3 is 2.63 bits per heavy atom. The largest absolute Gasteiger partial charge is 0.338 e. The van der Waals surface area contributed by atoms with E-state index >= 15 is 0 Å². The number of halogens is 3. The molecule has 19 heavy (non-hydrogen) atoms. The number of hydrogen-bond acceptors (Lipinski definition) is 1. The van der Waals surface area contributed by atoms with Gasteiger partial charge in [-0.15, -0.1) is 0 Å². The van der Waals surface area contributed by atoms with Crippen LogP contribution in [0.1, 0.15) is 36.5 Å². The fourth-order valence-corrected chi connectivity index (χ4v) is 2.48. The van der Waals surface area contributed by atoms with Gasteiger partial charge in [0.05, 0.1) is 15.6 Å². The third kappa shape index (κ3) is 3.61. The molecule has 0 heterocycles. The number of carbonyl (C=O) groups excluding carboxylic acids is 1. The van der Waals surface area contributed by atoms with Crippen molar-refractivity contribution in [2.24, 2.45) is 5.92 Å². The lowest BCUT2D eigenvalue weighted by molar-refractivity contribution is 0.0747. The van der Waals surface area contributed by atoms with E-state index in [1.165, 1.54) is 6.07 Å². The van der Waals surface area contributed by atoms with Crippen LogP contribution in [0, 0.1) is 11.7 Å². The first-order valence-corrected chi connectivity index (χ1v) is 7.22. The summed E-state index contributed by atoms with van der Waals surface area (Å²) in [6.07, 6.45) is 3.19. The van der Waals surface area contributed by atoms with Crippen molar-refractivity contribution in [1.82, 2.24) is 4.90 Å². The molecule has 1 fully saturated rings. The van der Waals surface area contributed by atoms with Crippen LogP contribution in [0.25, 0.3) is 0 Å². The summed E-state index contributed by atoms with van der Waals surface area (Å²) in [5, 5.41) is 0.138. The maximum absolute atomic E-state index is 13.5. The van der Waals surface area contributed by atoms with Crippen molar-refractivity contribution >= 4 is 29.1 Å². The van der Waals surface area contributed by atoms with Gasteiger partial charge in [0.1, 0.15) is 5.82 Å². The Hall–Kier alpha value is -0.800. The van der Waals surface area contributed by atoms with Crippen LogP contribution in [0.5, 0.6) is 0 Å². The number of hydrogen-bond donors (Lipinski definition) is 0. The van der Waals surface area contributed by atoms with Gasteiger partial charge in [0.25, 0.3) is 5.91 Å². The molecule has 2 nitrogen and oxygen atoms in total. The topological polar surface area (TPSA) is 20.3 Å². The van der Waals surface area contributed by atoms with Crippen LogP contribution in [-0.2, 0) is 0 Å². The van der Waals surface area contributed by atoms with Crippen molar-refractivity contribution in [3.05, 3.63) is 33.6 Å². The Morgan fingerprint density at radius 1 is 1.37 bits per heavy atom. The van der Waals surface area contributed by atoms with Crippen LogP contribution in [0.15, 0.2) is 12.1 Å². The second-order valence-corrected chi connectivity index (χ2v) is 5.76. The molecule has 0 aliphatic heterocycles. The lowest BCUT2D eigenvalue weighted by Gasteiger charge is -2.22. The van der Waals surface area contributed by atoms with E-state index in [-0.39, 0.29) is 21.5 Å². The Balaban J connectivity index is 2.22. The van der Waals surface area contributed by atoms with E-state index in [1.54, 1.807) is 4.90 Å². The summed E-state index contributed by atoms with van der Waals surface area (Å²) in [7, 11) is 0. The number of nitrogens with zero attached hydrogens (tertiary/aromatic N) is 1. The van der Waals surface area contributed by atoms with Crippen LogP contribution in [0.4, 0.5) is 4.39 Å². The molecule has 0 spiro atoms. The molecule has 1 saturated carbocycles. The van der Waals surface area contributed by atoms with E-state index in [1.807, 2.05) is 6.92 Å². The highest BCUT2D eigenvalue weighted by molar-refractivity contribution is 6.36. The number of benzene rings is 1. The Morgan fingerprint density at radius 2 is 2.05 bits per heavy atom. The van der Waals surface area contributed by atoms with Crippen molar-refractivity contribution in [2.45, 2.75) is 26.2 Å². The first-order chi connectivity index (χ1) is 9.02. The molecule has 0 saturated heterocycles. The molecular formula is C14H16Cl2FNO. The molecule has 1 aromatic rings. The Bertz CT molecular complexity index is 489. The molecule has 5 heteroatoms. The summed E-state index contributed by atoms with van der Waals surface area (Å²) in [6, 6.07) is 2.41. The maximum atomic E-state index is 13.5. The SMILES string of the molecule is CCCN(CC1CC1)C(=O)c1cc(F)c(Cl)cc1Cl. The van der Waals surface area contributed by atoms with Crippen LogP contribution in [-0.4, -0.2) is 23.9 Å². The molecule has 0 unspecified atom stereocenters. The summed E-state index contributed by atoms with van der Waals surface area (Å²) >= 11 is 11.6. The van der Waals surface area contributed by atoms with E-state index in [9.17, 15) is 9.18 Å². The van der Waals surface area contributed by atoms with Crippen molar-refractivity contribution < 1.29 is 9.18 Å². The van der Waals surface area contributed by atoms with Crippen molar-refractivity contribution in [3.8, 4) is 0 Å². The van der Waals surface area contributed by atoms with Crippen molar-refractivity contribution in [3.63, 3.8) is 0 Å². The normalized spacial score (nSPS) is 14.5. The lowest BCUT2D eigenvalue weighted by atomic mass is 10.1. The fraction of sp³-hybridized carbons (Fsp3) is 0.500. The quantitative estimate of drug-likeness (QED) is 0.739. The van der Waals surface area contributed by atoms with E-state index < -0.39 is 5.82 Å². The predicted octanol–water partition coefficient (Wildman–Crippen LogP) is 4.39. The third-order valence-electron chi connectivity index (χ3n) is 3.20. The molecule has 104 valence electrons. The predicted molar refractivity (Wildman–Crippen MR) is 75.3 cm³/mol. The molecule has 2 rings (SSSR count). The fourth-order valence-electron chi connectivity index (χ4n) is 2.01. The lowest BCUT2D eigenvalue weighted by Crippen LogP contribution is -2.33. The second-order valence-electron chi connectivity index (χ2n) is 4.94.